The highest BCUT2D eigenvalue weighted by atomic mass is 35.5. The second-order valence-corrected chi connectivity index (χ2v) is 5.84. The van der Waals surface area contributed by atoms with Gasteiger partial charge in [0.15, 0.2) is 0 Å². The van der Waals surface area contributed by atoms with E-state index < -0.39 is 0 Å². The predicted octanol–water partition coefficient (Wildman–Crippen LogP) is 2.53. The first-order chi connectivity index (χ1) is 10.1. The van der Waals surface area contributed by atoms with Crippen molar-refractivity contribution in [3.8, 4) is 0 Å². The van der Waals surface area contributed by atoms with E-state index in [9.17, 15) is 4.79 Å². The maximum Gasteiger partial charge on any atom is 0.263 e. The SMILES string of the molecule is COCCOCCNC(=O)c1sc2cc(Cl)ccc2c1N. The molecule has 0 bridgehead atoms. The summed E-state index contributed by atoms with van der Waals surface area (Å²) in [6.45, 7) is 1.91. The number of methoxy groups -OCH3 is 1. The van der Waals surface area contributed by atoms with Gasteiger partial charge in [0.1, 0.15) is 4.88 Å². The third kappa shape index (κ3) is 4.07. The van der Waals surface area contributed by atoms with Gasteiger partial charge in [0.05, 0.1) is 25.5 Å². The molecule has 2 aromatic rings. The van der Waals surface area contributed by atoms with Gasteiger partial charge in [-0.1, -0.05) is 11.6 Å². The number of nitrogens with two attached hydrogens (primary N) is 1. The fourth-order valence-electron chi connectivity index (χ4n) is 1.82. The first kappa shape index (κ1) is 16.0. The molecule has 0 aliphatic heterocycles. The van der Waals surface area contributed by atoms with Gasteiger partial charge in [0.25, 0.3) is 5.91 Å². The number of ether oxygens (including phenoxy) is 2. The molecule has 3 N–H and O–H groups in total. The van der Waals surface area contributed by atoms with Crippen molar-refractivity contribution in [2.75, 3.05) is 39.2 Å². The Kier molecular flexibility index (Phi) is 5.81. The van der Waals surface area contributed by atoms with Crippen LogP contribution < -0.4 is 11.1 Å². The summed E-state index contributed by atoms with van der Waals surface area (Å²) in [4.78, 5) is 12.6. The summed E-state index contributed by atoms with van der Waals surface area (Å²) in [5.41, 5.74) is 6.51. The van der Waals surface area contributed by atoms with Gasteiger partial charge in [0, 0.05) is 28.8 Å². The minimum atomic E-state index is -0.194. The van der Waals surface area contributed by atoms with Crippen molar-refractivity contribution in [2.24, 2.45) is 0 Å². The van der Waals surface area contributed by atoms with E-state index >= 15 is 0 Å². The van der Waals surface area contributed by atoms with Crippen molar-refractivity contribution in [2.45, 2.75) is 0 Å². The quantitative estimate of drug-likeness (QED) is 0.766. The van der Waals surface area contributed by atoms with Crippen LogP contribution in [0.2, 0.25) is 5.02 Å². The number of fused-ring (bicyclic) bond motifs is 1. The number of halogens is 1. The van der Waals surface area contributed by atoms with Crippen molar-refractivity contribution in [1.82, 2.24) is 5.32 Å². The van der Waals surface area contributed by atoms with Gasteiger partial charge < -0.3 is 20.5 Å². The Bertz CT molecular complexity index is 630. The summed E-state index contributed by atoms with van der Waals surface area (Å²) in [5, 5.41) is 4.26. The summed E-state index contributed by atoms with van der Waals surface area (Å²) in [6, 6.07) is 5.40. The highest BCUT2D eigenvalue weighted by Gasteiger charge is 2.16. The number of nitrogen functional groups attached to an aromatic ring is 1. The molecule has 21 heavy (non-hydrogen) atoms. The van der Waals surface area contributed by atoms with Crippen LogP contribution >= 0.6 is 22.9 Å². The highest BCUT2D eigenvalue weighted by Crippen LogP contribution is 2.35. The number of anilines is 1. The molecule has 1 aromatic heterocycles. The van der Waals surface area contributed by atoms with Crippen LogP contribution in [0.25, 0.3) is 10.1 Å². The molecular weight excluding hydrogens is 312 g/mol. The monoisotopic (exact) mass is 328 g/mol. The molecule has 7 heteroatoms. The van der Waals surface area contributed by atoms with Gasteiger partial charge in [-0.2, -0.15) is 0 Å². The summed E-state index contributed by atoms with van der Waals surface area (Å²) < 4.78 is 11.0. The van der Waals surface area contributed by atoms with E-state index in [1.807, 2.05) is 12.1 Å². The Morgan fingerprint density at radius 3 is 2.95 bits per heavy atom. The van der Waals surface area contributed by atoms with Crippen LogP contribution in [-0.2, 0) is 9.47 Å². The smallest absolute Gasteiger partial charge is 0.263 e. The van der Waals surface area contributed by atoms with Crippen LogP contribution in [0.5, 0.6) is 0 Å². The largest absolute Gasteiger partial charge is 0.397 e. The number of nitrogens with one attached hydrogen (secondary N) is 1. The number of hydrogen-bond acceptors (Lipinski definition) is 5. The summed E-state index contributed by atoms with van der Waals surface area (Å²) in [7, 11) is 1.61. The summed E-state index contributed by atoms with van der Waals surface area (Å²) in [5.74, 6) is -0.194. The zero-order valence-electron chi connectivity index (χ0n) is 11.6. The molecule has 114 valence electrons. The third-order valence-corrected chi connectivity index (χ3v) is 4.26. The number of thiophene rings is 1. The molecule has 0 atom stereocenters. The molecule has 5 nitrogen and oxygen atoms in total. The molecule has 0 unspecified atom stereocenters. The minimum absolute atomic E-state index is 0.194. The van der Waals surface area contributed by atoms with E-state index in [0.717, 1.165) is 10.1 Å². The molecule has 2 rings (SSSR count). The molecule has 0 radical (unpaired) electrons. The summed E-state index contributed by atoms with van der Waals surface area (Å²) >= 11 is 7.28. The van der Waals surface area contributed by atoms with Crippen molar-refractivity contribution in [1.29, 1.82) is 0 Å². The highest BCUT2D eigenvalue weighted by molar-refractivity contribution is 7.21. The second-order valence-electron chi connectivity index (χ2n) is 4.35. The van der Waals surface area contributed by atoms with Gasteiger partial charge in [-0.25, -0.2) is 0 Å². The molecule has 0 fully saturated rings. The second kappa shape index (κ2) is 7.61. The Labute approximate surface area is 132 Å². The molecule has 0 saturated carbocycles. The molecule has 1 heterocycles. The van der Waals surface area contributed by atoms with Crippen LogP contribution in [-0.4, -0.2) is 39.4 Å². The maximum absolute atomic E-state index is 12.1. The van der Waals surface area contributed by atoms with Crippen LogP contribution in [0.3, 0.4) is 0 Å². The molecule has 1 amide bonds. The van der Waals surface area contributed by atoms with Crippen molar-refractivity contribution in [3.05, 3.63) is 28.1 Å². The van der Waals surface area contributed by atoms with Gasteiger partial charge in [-0.15, -0.1) is 11.3 Å². The number of carbonyl (C=O) groups is 1. The van der Waals surface area contributed by atoms with E-state index in [4.69, 9.17) is 26.8 Å². The lowest BCUT2D eigenvalue weighted by molar-refractivity contribution is 0.0693. The number of rotatable bonds is 7. The van der Waals surface area contributed by atoms with Crippen molar-refractivity contribution in [3.63, 3.8) is 0 Å². The lowest BCUT2D eigenvalue weighted by Crippen LogP contribution is -2.27. The lowest BCUT2D eigenvalue weighted by atomic mass is 10.2. The van der Waals surface area contributed by atoms with E-state index in [0.29, 0.717) is 42.0 Å². The molecule has 1 aromatic carbocycles. The Morgan fingerprint density at radius 2 is 2.19 bits per heavy atom. The van der Waals surface area contributed by atoms with Gasteiger partial charge in [-0.05, 0) is 18.2 Å². The molecular formula is C14H17ClN2O3S. The van der Waals surface area contributed by atoms with Gasteiger partial charge in [-0.3, -0.25) is 4.79 Å². The molecule has 0 aliphatic rings. The zero-order valence-corrected chi connectivity index (χ0v) is 13.2. The van der Waals surface area contributed by atoms with Crippen molar-refractivity contribution < 1.29 is 14.3 Å². The fraction of sp³-hybridized carbons (Fsp3) is 0.357. The van der Waals surface area contributed by atoms with Crippen LogP contribution in [0.1, 0.15) is 9.67 Å². The first-order valence-electron chi connectivity index (χ1n) is 6.46. The predicted molar refractivity (Wildman–Crippen MR) is 86.3 cm³/mol. The van der Waals surface area contributed by atoms with E-state index in [-0.39, 0.29) is 5.91 Å². The van der Waals surface area contributed by atoms with E-state index in [2.05, 4.69) is 5.32 Å². The average molecular weight is 329 g/mol. The first-order valence-corrected chi connectivity index (χ1v) is 7.65. The maximum atomic E-state index is 12.1. The lowest BCUT2D eigenvalue weighted by Gasteiger charge is -2.05. The zero-order chi connectivity index (χ0) is 15.2. The van der Waals surface area contributed by atoms with E-state index in [1.54, 1.807) is 13.2 Å². The number of benzene rings is 1. The Hall–Kier alpha value is -1.34. The van der Waals surface area contributed by atoms with Crippen LogP contribution in [0, 0.1) is 0 Å². The van der Waals surface area contributed by atoms with Gasteiger partial charge >= 0.3 is 0 Å². The van der Waals surface area contributed by atoms with E-state index in [1.165, 1.54) is 11.3 Å². The molecule has 0 spiro atoms. The average Bonchev–Trinajstić information content (AvgIpc) is 2.79. The molecule has 0 aliphatic carbocycles. The topological polar surface area (TPSA) is 73.6 Å². The standard InChI is InChI=1S/C14H17ClN2O3S/c1-19-6-7-20-5-4-17-14(18)13-12(16)10-3-2-9(15)8-11(10)21-13/h2-3,8H,4-7,16H2,1H3,(H,17,18). The van der Waals surface area contributed by atoms with Crippen LogP contribution in [0.4, 0.5) is 5.69 Å². The van der Waals surface area contributed by atoms with Gasteiger partial charge in [0.2, 0.25) is 0 Å². The fourth-order valence-corrected chi connectivity index (χ4v) is 3.14. The summed E-state index contributed by atoms with van der Waals surface area (Å²) in [6.07, 6.45) is 0. The third-order valence-electron chi connectivity index (χ3n) is 2.86. The Morgan fingerprint density at radius 1 is 1.38 bits per heavy atom. The van der Waals surface area contributed by atoms with Crippen LogP contribution in [0.15, 0.2) is 18.2 Å². The normalized spacial score (nSPS) is 11.0. The number of amides is 1. The Balaban J connectivity index is 1.95. The number of carbonyl (C=O) groups excluding carboxylic acids is 1. The van der Waals surface area contributed by atoms with Crippen molar-refractivity contribution >= 4 is 44.6 Å². The number of hydrogen-bond donors (Lipinski definition) is 2. The molecule has 0 saturated heterocycles. The minimum Gasteiger partial charge on any atom is -0.397 e.